The van der Waals surface area contributed by atoms with Crippen molar-refractivity contribution in [2.45, 2.75) is 0 Å². The number of pyridine rings is 1. The Morgan fingerprint density at radius 1 is 0.360 bits per heavy atom. The zero-order valence-electron chi connectivity index (χ0n) is 27.4. The van der Waals surface area contributed by atoms with Crippen molar-refractivity contribution in [2.24, 2.45) is 0 Å². The molecule has 3 nitrogen and oxygen atoms in total. The minimum absolute atomic E-state index is 1.10. The van der Waals surface area contributed by atoms with E-state index >= 15 is 0 Å². The van der Waals surface area contributed by atoms with Gasteiger partial charge in [0.15, 0.2) is 0 Å². The van der Waals surface area contributed by atoms with Crippen LogP contribution in [-0.4, -0.2) is 9.55 Å². The van der Waals surface area contributed by atoms with Gasteiger partial charge in [-0.05, 0) is 94.0 Å². The zero-order valence-corrected chi connectivity index (χ0v) is 27.4. The average molecular weight is 640 g/mol. The van der Waals surface area contributed by atoms with E-state index in [1.807, 2.05) is 12.4 Å². The van der Waals surface area contributed by atoms with Gasteiger partial charge < -0.3 is 9.47 Å². The second kappa shape index (κ2) is 12.7. The molecular weight excluding hydrogens is 607 g/mol. The monoisotopic (exact) mass is 639 g/mol. The average Bonchev–Trinajstić information content (AvgIpc) is 3.54. The van der Waals surface area contributed by atoms with E-state index in [2.05, 4.69) is 203 Å². The fourth-order valence-corrected chi connectivity index (χ4v) is 7.04. The first-order chi connectivity index (χ1) is 24.8. The van der Waals surface area contributed by atoms with E-state index in [4.69, 9.17) is 0 Å². The predicted molar refractivity (Wildman–Crippen MR) is 210 cm³/mol. The fraction of sp³-hybridized carbons (Fsp3) is 0. The number of benzene rings is 7. The van der Waals surface area contributed by atoms with E-state index in [-0.39, 0.29) is 0 Å². The molecule has 50 heavy (non-hydrogen) atoms. The van der Waals surface area contributed by atoms with E-state index in [1.165, 1.54) is 38.7 Å². The second-order valence-electron chi connectivity index (χ2n) is 12.5. The summed E-state index contributed by atoms with van der Waals surface area (Å²) in [6.07, 6.45) is 3.84. The molecule has 0 aliphatic carbocycles. The number of fused-ring (bicyclic) bond motifs is 3. The fourth-order valence-electron chi connectivity index (χ4n) is 7.04. The largest absolute Gasteiger partial charge is 0.311 e. The Hall–Kier alpha value is -6.71. The lowest BCUT2D eigenvalue weighted by Gasteiger charge is -2.26. The van der Waals surface area contributed by atoms with Gasteiger partial charge in [0.1, 0.15) is 0 Å². The summed E-state index contributed by atoms with van der Waals surface area (Å²) in [7, 11) is 0. The van der Waals surface area contributed by atoms with E-state index in [1.54, 1.807) is 0 Å². The van der Waals surface area contributed by atoms with Crippen molar-refractivity contribution in [2.75, 3.05) is 4.90 Å². The number of hydrogen-bond donors (Lipinski definition) is 0. The molecule has 0 aliphatic rings. The van der Waals surface area contributed by atoms with Gasteiger partial charge in [0, 0.05) is 45.9 Å². The molecular formula is C47H33N3. The summed E-state index contributed by atoms with van der Waals surface area (Å²) in [4.78, 5) is 6.75. The van der Waals surface area contributed by atoms with Crippen molar-refractivity contribution >= 4 is 38.9 Å². The van der Waals surface area contributed by atoms with Gasteiger partial charge in [0.2, 0.25) is 0 Å². The molecule has 236 valence electrons. The number of hydrogen-bond acceptors (Lipinski definition) is 2. The van der Waals surface area contributed by atoms with Gasteiger partial charge in [-0.3, -0.25) is 4.98 Å². The third kappa shape index (κ3) is 5.41. The van der Waals surface area contributed by atoms with E-state index in [9.17, 15) is 0 Å². The first kappa shape index (κ1) is 29.4. The minimum atomic E-state index is 1.10. The molecule has 0 aliphatic heterocycles. The van der Waals surface area contributed by atoms with Crippen LogP contribution < -0.4 is 4.90 Å². The molecule has 0 atom stereocenters. The smallest absolute Gasteiger partial charge is 0.0571 e. The van der Waals surface area contributed by atoms with E-state index < -0.39 is 0 Å². The molecule has 0 radical (unpaired) electrons. The third-order valence-corrected chi connectivity index (χ3v) is 9.50. The van der Waals surface area contributed by atoms with Crippen LogP contribution in [0.1, 0.15) is 0 Å². The topological polar surface area (TPSA) is 21.1 Å². The molecule has 9 rings (SSSR count). The second-order valence-corrected chi connectivity index (χ2v) is 12.5. The molecule has 0 saturated carbocycles. The molecule has 0 fully saturated rings. The summed E-state index contributed by atoms with van der Waals surface area (Å²) in [5, 5.41) is 2.37. The van der Waals surface area contributed by atoms with Crippen molar-refractivity contribution in [1.29, 1.82) is 0 Å². The van der Waals surface area contributed by atoms with Crippen molar-refractivity contribution < 1.29 is 0 Å². The minimum Gasteiger partial charge on any atom is -0.311 e. The molecule has 7 aromatic carbocycles. The highest BCUT2D eigenvalue weighted by Gasteiger charge is 2.15. The molecule has 0 bridgehead atoms. The summed E-state index contributed by atoms with van der Waals surface area (Å²) >= 11 is 0. The quantitative estimate of drug-likeness (QED) is 0.173. The van der Waals surface area contributed by atoms with E-state index in [0.29, 0.717) is 0 Å². The van der Waals surface area contributed by atoms with Gasteiger partial charge in [-0.15, -0.1) is 0 Å². The van der Waals surface area contributed by atoms with Crippen LogP contribution in [0, 0.1) is 0 Å². The van der Waals surface area contributed by atoms with Gasteiger partial charge in [-0.2, -0.15) is 0 Å². The number of aromatic nitrogens is 2. The first-order valence-corrected chi connectivity index (χ1v) is 17.0. The number of nitrogens with zero attached hydrogens (tertiary/aromatic N) is 3. The van der Waals surface area contributed by atoms with Crippen molar-refractivity contribution in [3.63, 3.8) is 0 Å². The van der Waals surface area contributed by atoms with Crippen LogP contribution in [0.2, 0.25) is 0 Å². The Bertz CT molecular complexity index is 2420. The van der Waals surface area contributed by atoms with Crippen LogP contribution in [0.4, 0.5) is 17.1 Å². The molecule has 0 N–H and O–H groups in total. The Balaban J connectivity index is 1.09. The van der Waals surface area contributed by atoms with Gasteiger partial charge in [0.05, 0.1) is 11.0 Å². The number of anilines is 3. The normalized spacial score (nSPS) is 11.2. The highest BCUT2D eigenvalue weighted by molar-refractivity contribution is 6.08. The Morgan fingerprint density at radius 2 is 0.820 bits per heavy atom. The van der Waals surface area contributed by atoms with Crippen LogP contribution in [0.25, 0.3) is 60.9 Å². The molecule has 0 unspecified atom stereocenters. The first-order valence-electron chi connectivity index (χ1n) is 17.0. The molecule has 0 spiro atoms. The Labute approximate surface area is 292 Å². The predicted octanol–water partition coefficient (Wildman–Crippen LogP) is 12.6. The third-order valence-electron chi connectivity index (χ3n) is 9.50. The summed E-state index contributed by atoms with van der Waals surface area (Å²) in [6, 6.07) is 67.1. The van der Waals surface area contributed by atoms with Crippen LogP contribution in [-0.2, 0) is 0 Å². The lowest BCUT2D eigenvalue weighted by Crippen LogP contribution is -2.09. The van der Waals surface area contributed by atoms with Gasteiger partial charge in [-0.25, -0.2) is 0 Å². The summed E-state index contributed by atoms with van der Waals surface area (Å²) in [5.41, 5.74) is 13.9. The lowest BCUT2D eigenvalue weighted by molar-refractivity contribution is 1.17. The molecule has 9 aromatic rings. The van der Waals surface area contributed by atoms with Crippen LogP contribution in [0.3, 0.4) is 0 Å². The highest BCUT2D eigenvalue weighted by Crippen LogP contribution is 2.38. The van der Waals surface area contributed by atoms with Crippen molar-refractivity contribution in [1.82, 2.24) is 9.55 Å². The SMILES string of the molecule is c1ccc(-c2ccc(N(c3ccc(-c4ccccc4)cc3)c3ccc(-c4cccc(-n5c6ccccc6c6cnccc65)c4)cc3)cc2)cc1. The summed E-state index contributed by atoms with van der Waals surface area (Å²) < 4.78 is 2.34. The molecule has 2 aromatic heterocycles. The molecule has 3 heteroatoms. The lowest BCUT2D eigenvalue weighted by atomic mass is 10.0. The molecule has 0 amide bonds. The maximum atomic E-state index is 4.42. The molecule has 0 saturated heterocycles. The van der Waals surface area contributed by atoms with E-state index in [0.717, 1.165) is 39.2 Å². The van der Waals surface area contributed by atoms with Crippen LogP contribution in [0.5, 0.6) is 0 Å². The maximum absolute atomic E-state index is 4.42. The Morgan fingerprint density at radius 3 is 1.40 bits per heavy atom. The van der Waals surface area contributed by atoms with Gasteiger partial charge in [-0.1, -0.05) is 127 Å². The number of rotatable bonds is 7. The summed E-state index contributed by atoms with van der Waals surface area (Å²) in [5.74, 6) is 0. The van der Waals surface area contributed by atoms with Crippen LogP contribution >= 0.6 is 0 Å². The van der Waals surface area contributed by atoms with Crippen molar-refractivity contribution in [3.8, 4) is 39.1 Å². The number of para-hydroxylation sites is 1. The van der Waals surface area contributed by atoms with Crippen LogP contribution in [0.15, 0.2) is 200 Å². The highest BCUT2D eigenvalue weighted by atomic mass is 15.1. The molecule has 2 heterocycles. The standard InChI is InChI=1S/C47H33N3/c1-3-10-34(11-4-1)36-18-24-40(25-19-36)49(41-26-20-37(21-27-41)35-12-5-2-6-13-35)42-28-22-38(23-29-42)39-14-9-15-43(32-39)50-46-17-8-7-16-44(46)45-33-48-31-30-47(45)50/h1-33H. The zero-order chi connectivity index (χ0) is 33.3. The summed E-state index contributed by atoms with van der Waals surface area (Å²) in [6.45, 7) is 0. The van der Waals surface area contributed by atoms with Crippen molar-refractivity contribution in [3.05, 3.63) is 200 Å². The van der Waals surface area contributed by atoms with Gasteiger partial charge in [0.25, 0.3) is 0 Å². The Kier molecular flexibility index (Phi) is 7.49. The van der Waals surface area contributed by atoms with Gasteiger partial charge >= 0.3 is 0 Å². The maximum Gasteiger partial charge on any atom is 0.0571 e.